The van der Waals surface area contributed by atoms with Crippen molar-refractivity contribution in [2.45, 2.75) is 57.1 Å². The summed E-state index contributed by atoms with van der Waals surface area (Å²) in [6, 6.07) is 8.86. The number of ether oxygens (including phenoxy) is 1. The topological polar surface area (TPSA) is 35.2 Å². The Balaban J connectivity index is 1.58. The highest BCUT2D eigenvalue weighted by atomic mass is 16.5. The number of nitrogens with two attached hydrogens (primary N) is 1. The third-order valence-electron chi connectivity index (χ3n) is 4.38. The van der Waals surface area contributed by atoms with Gasteiger partial charge in [-0.05, 0) is 36.8 Å². The summed E-state index contributed by atoms with van der Waals surface area (Å²) in [4.78, 5) is 0. The summed E-state index contributed by atoms with van der Waals surface area (Å²) in [6.45, 7) is 0. The maximum atomic E-state index is 6.14. The van der Waals surface area contributed by atoms with Crippen LogP contribution >= 0.6 is 0 Å². The third kappa shape index (κ3) is 2.69. The van der Waals surface area contributed by atoms with E-state index < -0.39 is 0 Å². The van der Waals surface area contributed by atoms with Crippen LogP contribution < -0.4 is 10.5 Å². The first kappa shape index (κ1) is 12.0. The van der Waals surface area contributed by atoms with Crippen molar-refractivity contribution in [1.82, 2.24) is 0 Å². The lowest BCUT2D eigenvalue weighted by atomic mass is 9.91. The molecule has 1 aromatic carbocycles. The largest absolute Gasteiger partial charge is 0.490 e. The van der Waals surface area contributed by atoms with Crippen molar-refractivity contribution >= 4 is 0 Å². The number of para-hydroxylation sites is 1. The summed E-state index contributed by atoms with van der Waals surface area (Å²) in [6.07, 6.45) is 9.05. The zero-order chi connectivity index (χ0) is 12.4. The second-order valence-electron chi connectivity index (χ2n) is 5.93. The second-order valence-corrected chi connectivity index (χ2v) is 5.93. The molecule has 2 heteroatoms. The summed E-state index contributed by atoms with van der Waals surface area (Å²) in [5.74, 6) is 1.86. The molecule has 0 amide bonds. The molecule has 1 saturated carbocycles. The molecule has 1 aliphatic heterocycles. The predicted octanol–water partition coefficient (Wildman–Crippen LogP) is 3.29. The normalized spacial score (nSPS) is 31.5. The molecular formula is C16H23NO. The van der Waals surface area contributed by atoms with Gasteiger partial charge in [-0.2, -0.15) is 0 Å². The van der Waals surface area contributed by atoms with Crippen molar-refractivity contribution in [2.75, 3.05) is 0 Å². The van der Waals surface area contributed by atoms with E-state index in [1.807, 2.05) is 0 Å². The van der Waals surface area contributed by atoms with E-state index in [4.69, 9.17) is 10.5 Å². The van der Waals surface area contributed by atoms with Gasteiger partial charge in [0.1, 0.15) is 11.9 Å². The smallest absolute Gasteiger partial charge is 0.123 e. The van der Waals surface area contributed by atoms with Gasteiger partial charge in [0, 0.05) is 12.5 Å². The first-order valence-electron chi connectivity index (χ1n) is 7.31. The van der Waals surface area contributed by atoms with Crippen LogP contribution in [0.3, 0.4) is 0 Å². The van der Waals surface area contributed by atoms with E-state index in [0.29, 0.717) is 12.1 Å². The molecule has 1 aliphatic carbocycles. The fraction of sp³-hybridized carbons (Fsp3) is 0.625. The van der Waals surface area contributed by atoms with Gasteiger partial charge < -0.3 is 10.5 Å². The Morgan fingerprint density at radius 2 is 2.00 bits per heavy atom. The van der Waals surface area contributed by atoms with Gasteiger partial charge in [-0.1, -0.05) is 37.5 Å². The second kappa shape index (κ2) is 5.31. The van der Waals surface area contributed by atoms with Gasteiger partial charge >= 0.3 is 0 Å². The molecule has 0 aromatic heterocycles. The molecule has 0 saturated heterocycles. The van der Waals surface area contributed by atoms with Gasteiger partial charge in [-0.15, -0.1) is 0 Å². The highest BCUT2D eigenvalue weighted by Crippen LogP contribution is 2.34. The number of hydrogen-bond donors (Lipinski definition) is 1. The molecule has 2 aliphatic rings. The summed E-state index contributed by atoms with van der Waals surface area (Å²) < 4.78 is 6.04. The molecule has 2 nitrogen and oxygen atoms in total. The van der Waals surface area contributed by atoms with Gasteiger partial charge in [0.2, 0.25) is 0 Å². The first-order chi connectivity index (χ1) is 8.81. The molecule has 3 unspecified atom stereocenters. The third-order valence-corrected chi connectivity index (χ3v) is 4.38. The van der Waals surface area contributed by atoms with Crippen molar-refractivity contribution < 1.29 is 4.74 Å². The van der Waals surface area contributed by atoms with Crippen molar-refractivity contribution in [2.24, 2.45) is 11.7 Å². The van der Waals surface area contributed by atoms with E-state index in [0.717, 1.165) is 18.1 Å². The predicted molar refractivity (Wildman–Crippen MR) is 73.7 cm³/mol. The monoisotopic (exact) mass is 245 g/mol. The Hall–Kier alpha value is -1.02. The average Bonchev–Trinajstić information content (AvgIpc) is 2.65. The molecule has 18 heavy (non-hydrogen) atoms. The van der Waals surface area contributed by atoms with Crippen LogP contribution in [0.2, 0.25) is 0 Å². The molecule has 0 spiro atoms. The highest BCUT2D eigenvalue weighted by molar-refractivity contribution is 5.37. The van der Waals surface area contributed by atoms with Crippen LogP contribution in [0.1, 0.15) is 44.1 Å². The van der Waals surface area contributed by atoms with Crippen LogP contribution in [0.5, 0.6) is 5.75 Å². The minimum Gasteiger partial charge on any atom is -0.490 e. The lowest BCUT2D eigenvalue weighted by Gasteiger charge is -2.20. The van der Waals surface area contributed by atoms with E-state index in [9.17, 15) is 0 Å². The molecule has 1 heterocycles. The van der Waals surface area contributed by atoms with Crippen molar-refractivity contribution in [3.63, 3.8) is 0 Å². The van der Waals surface area contributed by atoms with Crippen molar-refractivity contribution in [1.29, 1.82) is 0 Å². The molecule has 0 bridgehead atoms. The molecule has 3 atom stereocenters. The Labute approximate surface area is 110 Å². The lowest BCUT2D eigenvalue weighted by molar-refractivity contribution is 0.185. The molecule has 98 valence electrons. The molecule has 2 N–H and O–H groups in total. The summed E-state index contributed by atoms with van der Waals surface area (Å²) in [5, 5.41) is 0. The van der Waals surface area contributed by atoms with Gasteiger partial charge in [-0.3, -0.25) is 0 Å². The summed E-state index contributed by atoms with van der Waals surface area (Å²) in [5.41, 5.74) is 7.52. The van der Waals surface area contributed by atoms with E-state index in [1.165, 1.54) is 44.1 Å². The van der Waals surface area contributed by atoms with Gasteiger partial charge in [-0.25, -0.2) is 0 Å². The molecular weight excluding hydrogens is 222 g/mol. The van der Waals surface area contributed by atoms with Crippen LogP contribution in [0, 0.1) is 5.92 Å². The Bertz CT molecular complexity index is 379. The number of rotatable bonds is 2. The van der Waals surface area contributed by atoms with Crippen LogP contribution in [0.25, 0.3) is 0 Å². The van der Waals surface area contributed by atoms with Gasteiger partial charge in [0.25, 0.3) is 0 Å². The minimum absolute atomic E-state index is 0.387. The maximum Gasteiger partial charge on any atom is 0.123 e. The molecule has 0 radical (unpaired) electrons. The molecule has 1 aromatic rings. The number of fused-ring (bicyclic) bond motifs is 1. The fourth-order valence-corrected chi connectivity index (χ4v) is 3.47. The van der Waals surface area contributed by atoms with E-state index in [2.05, 4.69) is 24.3 Å². The van der Waals surface area contributed by atoms with Gasteiger partial charge in [0.05, 0.1) is 0 Å². The average molecular weight is 245 g/mol. The summed E-state index contributed by atoms with van der Waals surface area (Å²) >= 11 is 0. The minimum atomic E-state index is 0.387. The number of hydrogen-bond acceptors (Lipinski definition) is 2. The van der Waals surface area contributed by atoms with E-state index in [1.54, 1.807) is 0 Å². The van der Waals surface area contributed by atoms with Crippen LogP contribution in [0.4, 0.5) is 0 Å². The Kier molecular flexibility index (Phi) is 3.55. The van der Waals surface area contributed by atoms with E-state index in [-0.39, 0.29) is 0 Å². The SMILES string of the molecule is NC1CCCCC(CC2Cc3ccccc3O2)C1. The van der Waals surface area contributed by atoms with Crippen LogP contribution in [-0.2, 0) is 6.42 Å². The zero-order valence-corrected chi connectivity index (χ0v) is 11.0. The van der Waals surface area contributed by atoms with Crippen molar-refractivity contribution in [3.8, 4) is 5.75 Å². The van der Waals surface area contributed by atoms with Crippen molar-refractivity contribution in [3.05, 3.63) is 29.8 Å². The van der Waals surface area contributed by atoms with Gasteiger partial charge in [0.15, 0.2) is 0 Å². The molecule has 1 fully saturated rings. The maximum absolute atomic E-state index is 6.14. The lowest BCUT2D eigenvalue weighted by Crippen LogP contribution is -2.25. The number of benzene rings is 1. The Morgan fingerprint density at radius 3 is 2.89 bits per heavy atom. The Morgan fingerprint density at radius 1 is 1.17 bits per heavy atom. The van der Waals surface area contributed by atoms with E-state index >= 15 is 0 Å². The fourth-order valence-electron chi connectivity index (χ4n) is 3.47. The zero-order valence-electron chi connectivity index (χ0n) is 11.0. The first-order valence-corrected chi connectivity index (χ1v) is 7.31. The van der Waals surface area contributed by atoms with Crippen LogP contribution in [-0.4, -0.2) is 12.1 Å². The quantitative estimate of drug-likeness (QED) is 0.811. The highest BCUT2D eigenvalue weighted by Gasteiger charge is 2.27. The standard InChI is InChI=1S/C16H23NO/c17-14-7-3-1-5-12(9-14)10-15-11-13-6-2-4-8-16(13)18-15/h2,4,6,8,12,14-15H,1,3,5,7,9-11,17H2. The van der Waals surface area contributed by atoms with Crippen LogP contribution in [0.15, 0.2) is 24.3 Å². The summed E-state index contributed by atoms with van der Waals surface area (Å²) in [7, 11) is 0. The molecule has 3 rings (SSSR count).